The van der Waals surface area contributed by atoms with Gasteiger partial charge in [-0.05, 0) is 19.3 Å². The van der Waals surface area contributed by atoms with Crippen molar-refractivity contribution in [1.82, 2.24) is 19.7 Å². The Morgan fingerprint density at radius 1 is 1.48 bits per heavy atom. The fourth-order valence-electron chi connectivity index (χ4n) is 4.66. The molecule has 2 aromatic rings. The average molecular weight is 381 g/mol. The van der Waals surface area contributed by atoms with E-state index in [9.17, 15) is 4.79 Å². The minimum atomic E-state index is -0.479. The first kappa shape index (κ1) is 17.0. The van der Waals surface area contributed by atoms with Gasteiger partial charge in [-0.15, -0.1) is 11.3 Å². The molecule has 0 unspecified atom stereocenters. The molecule has 3 atom stereocenters. The monoisotopic (exact) mass is 380 g/mol. The molecule has 0 saturated carbocycles. The van der Waals surface area contributed by atoms with Gasteiger partial charge in [-0.25, -0.2) is 4.98 Å². The molecule has 2 bridgehead atoms. The second-order valence-electron chi connectivity index (χ2n) is 6.91. The van der Waals surface area contributed by atoms with Crippen molar-refractivity contribution >= 4 is 28.9 Å². The maximum absolute atomic E-state index is 12.8. The molecule has 2 aromatic heterocycles. The molecule has 0 spiro atoms. The zero-order valence-corrected chi connectivity index (χ0v) is 15.7. The van der Waals surface area contributed by atoms with Gasteiger partial charge in [0.15, 0.2) is 0 Å². The molecule has 8 heteroatoms. The van der Waals surface area contributed by atoms with Gasteiger partial charge in [-0.2, -0.15) is 5.10 Å². The molecule has 134 valence electrons. The van der Waals surface area contributed by atoms with Crippen LogP contribution in [0.2, 0.25) is 5.02 Å². The summed E-state index contributed by atoms with van der Waals surface area (Å²) in [5.41, 5.74) is 2.34. The molecule has 4 heterocycles. The summed E-state index contributed by atoms with van der Waals surface area (Å²) in [5.74, 6) is -0.0974. The first-order chi connectivity index (χ1) is 12.1. The van der Waals surface area contributed by atoms with E-state index < -0.39 is 5.41 Å². The van der Waals surface area contributed by atoms with Crippen LogP contribution in [0.4, 0.5) is 0 Å². The Bertz CT molecular complexity index is 750. The molecule has 0 aliphatic carbocycles. The van der Waals surface area contributed by atoms with Crippen molar-refractivity contribution in [2.75, 3.05) is 13.7 Å². The Kier molecular flexibility index (Phi) is 4.56. The van der Waals surface area contributed by atoms with E-state index in [-0.39, 0.29) is 12.0 Å². The number of ether oxygens (including phenoxy) is 1. The van der Waals surface area contributed by atoms with E-state index in [4.69, 9.17) is 16.3 Å². The SMILES string of the molecule is COC(=O)[C@@]1(Cc2cscn2)C[C@H]2CC[C@@H]1N2CCn1cc(Cl)cn1. The second-order valence-corrected chi connectivity index (χ2v) is 8.07. The second kappa shape index (κ2) is 6.70. The number of fused-ring (bicyclic) bond motifs is 2. The van der Waals surface area contributed by atoms with Crippen molar-refractivity contribution in [1.29, 1.82) is 0 Å². The fraction of sp³-hybridized carbons (Fsp3) is 0.588. The first-order valence-corrected chi connectivity index (χ1v) is 9.83. The third-order valence-corrected chi connectivity index (χ3v) is 6.47. The van der Waals surface area contributed by atoms with E-state index in [1.807, 2.05) is 21.8 Å². The Labute approximate surface area is 155 Å². The summed E-state index contributed by atoms with van der Waals surface area (Å²) in [6.45, 7) is 1.64. The molecule has 4 rings (SSSR count). The van der Waals surface area contributed by atoms with Crippen LogP contribution in [0.1, 0.15) is 25.0 Å². The molecule has 0 radical (unpaired) electrons. The molecule has 0 amide bonds. The molecule has 25 heavy (non-hydrogen) atoms. The van der Waals surface area contributed by atoms with Gasteiger partial charge in [0.25, 0.3) is 0 Å². The molecule has 0 aromatic carbocycles. The van der Waals surface area contributed by atoms with Crippen LogP contribution in [-0.4, -0.2) is 51.4 Å². The Hall–Kier alpha value is -1.44. The van der Waals surface area contributed by atoms with Gasteiger partial charge < -0.3 is 4.74 Å². The van der Waals surface area contributed by atoms with Crippen molar-refractivity contribution in [3.05, 3.63) is 34.0 Å². The topological polar surface area (TPSA) is 60.2 Å². The summed E-state index contributed by atoms with van der Waals surface area (Å²) >= 11 is 7.52. The normalized spacial score (nSPS) is 28.6. The third-order valence-electron chi connectivity index (χ3n) is 5.64. The van der Waals surface area contributed by atoms with Crippen molar-refractivity contribution in [2.45, 2.75) is 44.3 Å². The minimum Gasteiger partial charge on any atom is -0.469 e. The largest absolute Gasteiger partial charge is 0.469 e. The molecule has 2 aliphatic heterocycles. The van der Waals surface area contributed by atoms with Crippen molar-refractivity contribution in [3.63, 3.8) is 0 Å². The molecule has 2 saturated heterocycles. The molecule has 0 N–H and O–H groups in total. The van der Waals surface area contributed by atoms with Gasteiger partial charge >= 0.3 is 5.97 Å². The zero-order valence-electron chi connectivity index (χ0n) is 14.1. The standard InChI is InChI=1S/C17H21ClN4O2S/c1-24-16(23)17(6-13-10-25-11-19-13)7-14-2-3-15(17)22(14)5-4-21-9-12(18)8-20-21/h8-11,14-15H,2-7H2,1H3/t14-,15+,17+/m1/s1. The van der Waals surface area contributed by atoms with Crippen molar-refractivity contribution < 1.29 is 9.53 Å². The summed E-state index contributed by atoms with van der Waals surface area (Å²) in [6.07, 6.45) is 7.17. The van der Waals surface area contributed by atoms with E-state index in [0.29, 0.717) is 17.5 Å². The van der Waals surface area contributed by atoms with E-state index >= 15 is 0 Å². The number of methoxy groups -OCH3 is 1. The minimum absolute atomic E-state index is 0.0974. The number of hydrogen-bond donors (Lipinski definition) is 0. The van der Waals surface area contributed by atoms with Crippen LogP contribution in [0.15, 0.2) is 23.3 Å². The lowest BCUT2D eigenvalue weighted by molar-refractivity contribution is -0.155. The number of nitrogens with zero attached hydrogens (tertiary/aromatic N) is 4. The lowest BCUT2D eigenvalue weighted by atomic mass is 9.71. The maximum Gasteiger partial charge on any atom is 0.313 e. The van der Waals surface area contributed by atoms with E-state index in [1.165, 1.54) is 7.11 Å². The maximum atomic E-state index is 12.8. The van der Waals surface area contributed by atoms with Gasteiger partial charge in [-0.3, -0.25) is 14.4 Å². The number of hydrogen-bond acceptors (Lipinski definition) is 6. The number of carbonyl (C=O) groups excluding carboxylic acids is 1. The summed E-state index contributed by atoms with van der Waals surface area (Å²) < 4.78 is 7.09. The quantitative estimate of drug-likeness (QED) is 0.721. The van der Waals surface area contributed by atoms with Gasteiger partial charge in [0, 0.05) is 36.6 Å². The number of esters is 1. The lowest BCUT2D eigenvalue weighted by Crippen LogP contribution is -2.46. The Balaban J connectivity index is 1.54. The van der Waals surface area contributed by atoms with Crippen LogP contribution < -0.4 is 0 Å². The number of thiazole rings is 1. The highest BCUT2D eigenvalue weighted by atomic mass is 35.5. The predicted octanol–water partition coefficient (Wildman–Crippen LogP) is 2.63. The molecule has 2 fully saturated rings. The highest BCUT2D eigenvalue weighted by molar-refractivity contribution is 7.07. The smallest absolute Gasteiger partial charge is 0.313 e. The number of halogens is 1. The van der Waals surface area contributed by atoms with E-state index in [1.54, 1.807) is 17.5 Å². The Morgan fingerprint density at radius 3 is 3.04 bits per heavy atom. The highest BCUT2D eigenvalue weighted by Gasteiger charge is 2.60. The number of rotatable bonds is 6. The number of aromatic nitrogens is 3. The first-order valence-electron chi connectivity index (χ1n) is 8.51. The summed E-state index contributed by atoms with van der Waals surface area (Å²) in [7, 11) is 1.49. The third kappa shape index (κ3) is 2.98. The Morgan fingerprint density at radius 2 is 2.36 bits per heavy atom. The lowest BCUT2D eigenvalue weighted by Gasteiger charge is -2.34. The summed E-state index contributed by atoms with van der Waals surface area (Å²) in [6, 6.07) is 0.631. The van der Waals surface area contributed by atoms with E-state index in [2.05, 4.69) is 15.0 Å². The highest BCUT2D eigenvalue weighted by Crippen LogP contribution is 2.52. The van der Waals surface area contributed by atoms with E-state index in [0.717, 1.165) is 38.0 Å². The molecular weight excluding hydrogens is 360 g/mol. The number of carbonyl (C=O) groups is 1. The summed E-state index contributed by atoms with van der Waals surface area (Å²) in [5, 5.41) is 6.94. The predicted molar refractivity (Wildman–Crippen MR) is 95.6 cm³/mol. The van der Waals surface area contributed by atoms with Crippen molar-refractivity contribution in [3.8, 4) is 0 Å². The zero-order chi connectivity index (χ0) is 17.4. The van der Waals surface area contributed by atoms with Gasteiger partial charge in [0.2, 0.25) is 0 Å². The van der Waals surface area contributed by atoms with Crippen LogP contribution >= 0.6 is 22.9 Å². The fourth-order valence-corrected chi connectivity index (χ4v) is 5.37. The van der Waals surface area contributed by atoms with Crippen LogP contribution in [0.5, 0.6) is 0 Å². The van der Waals surface area contributed by atoms with Crippen LogP contribution in [0, 0.1) is 5.41 Å². The summed E-state index contributed by atoms with van der Waals surface area (Å²) in [4.78, 5) is 19.6. The average Bonchev–Trinajstić information content (AvgIpc) is 3.37. The van der Waals surface area contributed by atoms with Gasteiger partial charge in [-0.1, -0.05) is 11.6 Å². The van der Waals surface area contributed by atoms with Crippen LogP contribution in [0.25, 0.3) is 0 Å². The molecule has 6 nitrogen and oxygen atoms in total. The van der Waals surface area contributed by atoms with Gasteiger partial charge in [0.1, 0.15) is 0 Å². The van der Waals surface area contributed by atoms with Crippen LogP contribution in [0.3, 0.4) is 0 Å². The molecular formula is C17H21ClN4O2S. The van der Waals surface area contributed by atoms with Crippen molar-refractivity contribution in [2.24, 2.45) is 5.41 Å². The molecule has 2 aliphatic rings. The van der Waals surface area contributed by atoms with Gasteiger partial charge in [0.05, 0.1) is 41.5 Å². The van der Waals surface area contributed by atoms with Crippen LogP contribution in [-0.2, 0) is 22.5 Å².